The minimum atomic E-state index is -3.42. The third-order valence-corrected chi connectivity index (χ3v) is 1.14. The molecular formula is C2H3O2Y-. The molecule has 27 valence electrons. The van der Waals surface area contributed by atoms with Gasteiger partial charge >= 0.3 is 41.9 Å². The topological polar surface area (TPSA) is 40.1 Å². The molecule has 0 aliphatic rings. The number of hydrogen-bond donors (Lipinski definition) is 0. The Morgan fingerprint density at radius 2 is 2.20 bits per heavy atom. The van der Waals surface area contributed by atoms with Crippen LogP contribution < -0.4 is 2.42 Å². The van der Waals surface area contributed by atoms with Crippen LogP contribution in [0.1, 0.15) is 0 Å². The van der Waals surface area contributed by atoms with Crippen molar-refractivity contribution in [1.82, 2.24) is 0 Å². The summed E-state index contributed by atoms with van der Waals surface area (Å²) in [5.74, 6) is 0. The number of hydrogen-bond acceptors (Lipinski definition) is 2. The van der Waals surface area contributed by atoms with Crippen molar-refractivity contribution in [1.29, 1.82) is 0 Å². The van der Waals surface area contributed by atoms with Crippen molar-refractivity contribution in [3.05, 3.63) is 9.47 Å². The van der Waals surface area contributed by atoms with Gasteiger partial charge in [-0.1, -0.05) is 0 Å². The van der Waals surface area contributed by atoms with Gasteiger partial charge in [0.2, 0.25) is 0 Å². The first-order valence-electron chi connectivity index (χ1n) is 1.21. The van der Waals surface area contributed by atoms with Crippen molar-refractivity contribution in [2.24, 2.45) is 0 Å². The Labute approximate surface area is 41.9 Å². The normalized spacial score (nSPS) is 6.60. The molecule has 0 bridgehead atoms. The van der Waals surface area contributed by atoms with E-state index in [9.17, 15) is 4.47 Å². The van der Waals surface area contributed by atoms with Crippen LogP contribution in [0.4, 0.5) is 0 Å². The van der Waals surface area contributed by atoms with Gasteiger partial charge in [-0.3, -0.25) is 0 Å². The molecule has 0 N–H and O–H groups in total. The molecule has 0 amide bonds. The molecule has 0 spiro atoms. The van der Waals surface area contributed by atoms with Crippen molar-refractivity contribution < 1.29 is 32.5 Å². The second kappa shape index (κ2) is 2.82. The standard InChI is InChI=1S/C2H3.2O.Y/c1-2;;;/h1H,2H2;;;/q;;-1;. The molecule has 0 saturated carbocycles. The summed E-state index contributed by atoms with van der Waals surface area (Å²) in [6, 6.07) is 0. The van der Waals surface area contributed by atoms with Gasteiger partial charge in [-0.2, -0.15) is 0 Å². The van der Waals surface area contributed by atoms with E-state index < -0.39 is 28.0 Å². The molecule has 0 saturated heterocycles. The summed E-state index contributed by atoms with van der Waals surface area (Å²) in [4.78, 5) is 0. The van der Waals surface area contributed by atoms with Gasteiger partial charge in [0.15, 0.2) is 0 Å². The Bertz CT molecular complexity index is 58.7. The molecule has 0 rings (SSSR count). The molecule has 0 aromatic heterocycles. The molecule has 5 heavy (non-hydrogen) atoms. The fourth-order valence-electron chi connectivity index (χ4n) is 0. The van der Waals surface area contributed by atoms with Gasteiger partial charge in [-0.25, -0.2) is 0 Å². The fraction of sp³-hybridized carbons (Fsp3) is 0. The number of rotatable bonds is 1. The first-order valence-corrected chi connectivity index (χ1v) is 5.17. The first-order chi connectivity index (χ1) is 2.27. The average molecular weight is 148 g/mol. The van der Waals surface area contributed by atoms with Crippen molar-refractivity contribution >= 4 is 0 Å². The van der Waals surface area contributed by atoms with E-state index in [0.29, 0.717) is 0 Å². The molecule has 0 aromatic carbocycles. The Kier molecular flexibility index (Phi) is 3.16. The van der Waals surface area contributed by atoms with Crippen LogP contribution in [-0.2, 0) is 30.1 Å². The second-order valence-corrected chi connectivity index (χ2v) is 3.57. The van der Waals surface area contributed by atoms with E-state index >= 15 is 0 Å². The van der Waals surface area contributed by atoms with Gasteiger partial charge in [0.25, 0.3) is 0 Å². The van der Waals surface area contributed by atoms with Crippen LogP contribution in [0.15, 0.2) is 9.47 Å². The predicted octanol–water partition coefficient (Wildman–Crippen LogP) is -0.631. The van der Waals surface area contributed by atoms with Gasteiger partial charge in [0, 0.05) is 0 Å². The average Bonchev–Trinajstić information content (AvgIpc) is 1.38. The predicted molar refractivity (Wildman–Crippen MR) is 10.9 cm³/mol. The fourth-order valence-corrected chi connectivity index (χ4v) is 0. The maximum absolute atomic E-state index is 9.43. The zero-order valence-corrected chi connectivity index (χ0v) is 5.52. The van der Waals surface area contributed by atoms with Gasteiger partial charge < -0.3 is 0 Å². The summed E-state index contributed by atoms with van der Waals surface area (Å²) < 4.78 is 19.9. The first kappa shape index (κ1) is 5.60. The van der Waals surface area contributed by atoms with Crippen LogP contribution in [0, 0.1) is 0 Å². The van der Waals surface area contributed by atoms with Crippen LogP contribution in [0.2, 0.25) is 0 Å². The summed E-state index contributed by atoms with van der Waals surface area (Å²) in [6.07, 6.45) is 0. The molecule has 0 unspecified atom stereocenters. The Balaban J connectivity index is 3.20. The molecule has 0 radical (unpaired) electrons. The Morgan fingerprint density at radius 3 is 2.20 bits per heavy atom. The molecule has 0 atom stereocenters. The van der Waals surface area contributed by atoms with E-state index in [1.54, 1.807) is 0 Å². The molecule has 0 heterocycles. The van der Waals surface area contributed by atoms with Gasteiger partial charge in [-0.15, -0.1) is 0 Å². The van der Waals surface area contributed by atoms with Crippen LogP contribution in [0.5, 0.6) is 0 Å². The summed E-state index contributed by atoms with van der Waals surface area (Å²) in [5.41, 5.74) is 0. The molecule has 0 aliphatic heterocycles. The summed E-state index contributed by atoms with van der Waals surface area (Å²) in [5, 5.41) is 0. The van der Waals surface area contributed by atoms with Crippen LogP contribution in [-0.4, -0.2) is 0 Å². The summed E-state index contributed by atoms with van der Waals surface area (Å²) >= 11 is -3.42. The molecule has 0 aliphatic carbocycles. The van der Waals surface area contributed by atoms with Crippen molar-refractivity contribution in [2.75, 3.05) is 0 Å². The van der Waals surface area contributed by atoms with Gasteiger partial charge in [-0.05, 0) is 0 Å². The zero-order valence-electron chi connectivity index (χ0n) is 2.68. The zero-order chi connectivity index (χ0) is 4.28. The van der Waals surface area contributed by atoms with Crippen LogP contribution in [0.3, 0.4) is 0 Å². The Morgan fingerprint density at radius 1 is 2.00 bits per heavy atom. The van der Waals surface area contributed by atoms with E-state index in [0.717, 1.165) is 2.89 Å². The van der Waals surface area contributed by atoms with Crippen molar-refractivity contribution in [3.63, 3.8) is 0 Å². The maximum atomic E-state index is 9.43. The summed E-state index contributed by atoms with van der Waals surface area (Å²) in [7, 11) is 0. The molecule has 0 fully saturated rings. The van der Waals surface area contributed by atoms with Crippen molar-refractivity contribution in [3.8, 4) is 0 Å². The Hall–Kier alpha value is 0.604. The molecule has 0 aromatic rings. The van der Waals surface area contributed by atoms with E-state index in [-0.39, 0.29) is 0 Å². The second-order valence-electron chi connectivity index (χ2n) is 0.604. The SMILES string of the molecule is C=[CH][Y](=[O])[O-]. The monoisotopic (exact) mass is 148 g/mol. The summed E-state index contributed by atoms with van der Waals surface area (Å²) in [6.45, 7) is 3.03. The molecule has 2 nitrogen and oxygen atoms in total. The molecular weight excluding hydrogens is 145 g/mol. The van der Waals surface area contributed by atoms with Crippen molar-refractivity contribution in [2.45, 2.75) is 0 Å². The van der Waals surface area contributed by atoms with Gasteiger partial charge in [0.05, 0.1) is 0 Å². The van der Waals surface area contributed by atoms with Crippen LogP contribution >= 0.6 is 0 Å². The van der Waals surface area contributed by atoms with Crippen LogP contribution in [0.25, 0.3) is 0 Å². The minimum absolute atomic E-state index is 1.02. The third-order valence-electron chi connectivity index (χ3n) is 0.192. The molecule has 3 heteroatoms. The van der Waals surface area contributed by atoms with E-state index in [4.69, 9.17) is 0 Å². The van der Waals surface area contributed by atoms with E-state index in [2.05, 4.69) is 6.58 Å². The van der Waals surface area contributed by atoms with Gasteiger partial charge in [0.1, 0.15) is 0 Å². The van der Waals surface area contributed by atoms with E-state index in [1.165, 1.54) is 0 Å². The quantitative estimate of drug-likeness (QED) is 0.496. The third kappa shape index (κ3) is 4.60. The van der Waals surface area contributed by atoms with E-state index in [1.807, 2.05) is 0 Å².